The fourth-order valence-corrected chi connectivity index (χ4v) is 4.70. The Bertz CT molecular complexity index is 1030. The zero-order valence-corrected chi connectivity index (χ0v) is 18.3. The summed E-state index contributed by atoms with van der Waals surface area (Å²) in [6, 6.07) is 3.54. The first-order chi connectivity index (χ1) is 15.7. The third-order valence-electron chi connectivity index (χ3n) is 6.15. The number of carbonyl (C=O) groups excluding carboxylic acids is 1. The lowest BCUT2D eigenvalue weighted by atomic mass is 10.1. The van der Waals surface area contributed by atoms with Crippen molar-refractivity contribution in [3.05, 3.63) is 46.9 Å². The van der Waals surface area contributed by atoms with E-state index in [1.165, 1.54) is 6.07 Å². The van der Waals surface area contributed by atoms with Crippen molar-refractivity contribution >= 4 is 17.5 Å². The van der Waals surface area contributed by atoms with Crippen LogP contribution >= 0.6 is 11.6 Å². The molecule has 0 bridgehead atoms. The quantitative estimate of drug-likeness (QED) is 0.644. The van der Waals surface area contributed by atoms with Gasteiger partial charge >= 0.3 is 6.36 Å². The van der Waals surface area contributed by atoms with Crippen LogP contribution in [0.25, 0.3) is 0 Å². The first-order valence-electron chi connectivity index (χ1n) is 10.8. The minimum absolute atomic E-state index is 0.00174. The molecule has 1 aromatic heterocycles. The first kappa shape index (κ1) is 22.2. The first-order valence-corrected chi connectivity index (χ1v) is 11.2. The summed E-state index contributed by atoms with van der Waals surface area (Å²) >= 11 is 5.92. The number of fused-ring (bicyclic) bond motifs is 1. The molecule has 1 saturated carbocycles. The molecular weight excluding hydrogens is 461 g/mol. The number of aromatic nitrogens is 2. The fraction of sp³-hybridized carbons (Fsp3) is 0.500. The Kier molecular flexibility index (Phi) is 5.82. The number of amides is 1. The standard InChI is InChI=1S/C22H22ClF3N4O3/c23-15-5-14(6-17(7-15)33-22(24,25)26)21(31)30-4-3-29-12-18(8-16(29)11-30)32-20-10-27-19(9-28-20)13-1-2-13/h5-7,9-10,13,16,18H,1-4,8,11-12H2/t16-,18+/m0/s1. The fourth-order valence-electron chi connectivity index (χ4n) is 4.48. The second-order valence-corrected chi connectivity index (χ2v) is 9.09. The van der Waals surface area contributed by atoms with Crippen LogP contribution in [0.4, 0.5) is 13.2 Å². The summed E-state index contributed by atoms with van der Waals surface area (Å²) in [4.78, 5) is 25.7. The van der Waals surface area contributed by atoms with E-state index >= 15 is 0 Å². The average molecular weight is 483 g/mol. The van der Waals surface area contributed by atoms with Gasteiger partial charge in [-0.1, -0.05) is 11.6 Å². The van der Waals surface area contributed by atoms with Gasteiger partial charge in [0.05, 0.1) is 18.1 Å². The summed E-state index contributed by atoms with van der Waals surface area (Å²) in [7, 11) is 0. The number of ether oxygens (including phenoxy) is 2. The SMILES string of the molecule is O=C(c1cc(Cl)cc(OC(F)(F)F)c1)N1CCN2C[C@H](Oc3cnc(C4CC4)cn3)C[C@H]2C1. The lowest BCUT2D eigenvalue weighted by Crippen LogP contribution is -2.52. The summed E-state index contributed by atoms with van der Waals surface area (Å²) in [5.74, 6) is 0.134. The summed E-state index contributed by atoms with van der Waals surface area (Å²) in [5.41, 5.74) is 1.07. The van der Waals surface area contributed by atoms with Crippen LogP contribution in [0.1, 0.15) is 41.2 Å². The number of alkyl halides is 3. The highest BCUT2D eigenvalue weighted by atomic mass is 35.5. The minimum Gasteiger partial charge on any atom is -0.472 e. The van der Waals surface area contributed by atoms with E-state index in [0.29, 0.717) is 37.9 Å². The summed E-state index contributed by atoms with van der Waals surface area (Å²) in [6.07, 6.45) is 1.55. The van der Waals surface area contributed by atoms with E-state index in [0.717, 1.165) is 37.2 Å². The molecule has 1 amide bonds. The molecule has 3 fully saturated rings. The molecule has 1 aromatic carbocycles. The second kappa shape index (κ2) is 8.64. The van der Waals surface area contributed by atoms with Crippen LogP contribution in [-0.4, -0.2) is 70.4 Å². The Morgan fingerprint density at radius 3 is 2.61 bits per heavy atom. The van der Waals surface area contributed by atoms with E-state index in [9.17, 15) is 18.0 Å². The summed E-state index contributed by atoms with van der Waals surface area (Å²) < 4.78 is 47.7. The van der Waals surface area contributed by atoms with Gasteiger partial charge in [0.15, 0.2) is 0 Å². The molecule has 3 heterocycles. The maximum absolute atomic E-state index is 13.0. The van der Waals surface area contributed by atoms with Crippen LogP contribution in [0.5, 0.6) is 11.6 Å². The van der Waals surface area contributed by atoms with Gasteiger partial charge in [-0.2, -0.15) is 0 Å². The van der Waals surface area contributed by atoms with Gasteiger partial charge in [-0.15, -0.1) is 13.2 Å². The van der Waals surface area contributed by atoms with Crippen molar-refractivity contribution in [2.75, 3.05) is 26.2 Å². The maximum atomic E-state index is 13.0. The summed E-state index contributed by atoms with van der Waals surface area (Å²) in [6.45, 7) is 2.28. The highest BCUT2D eigenvalue weighted by molar-refractivity contribution is 6.31. The van der Waals surface area contributed by atoms with Crippen molar-refractivity contribution in [1.29, 1.82) is 0 Å². The molecule has 2 saturated heterocycles. The second-order valence-electron chi connectivity index (χ2n) is 8.65. The average Bonchev–Trinajstić information content (AvgIpc) is 3.51. The third kappa shape index (κ3) is 5.33. The molecule has 2 aliphatic heterocycles. The number of hydrogen-bond acceptors (Lipinski definition) is 6. The molecule has 0 spiro atoms. The molecule has 0 unspecified atom stereocenters. The zero-order chi connectivity index (χ0) is 23.2. The molecule has 1 aliphatic carbocycles. The van der Waals surface area contributed by atoms with Gasteiger partial charge in [0.25, 0.3) is 5.91 Å². The highest BCUT2D eigenvalue weighted by Crippen LogP contribution is 2.38. The number of rotatable bonds is 5. The molecule has 5 rings (SSSR count). The molecule has 11 heteroatoms. The Morgan fingerprint density at radius 1 is 1.09 bits per heavy atom. The lowest BCUT2D eigenvalue weighted by molar-refractivity contribution is -0.274. The number of piperazine rings is 1. The molecule has 176 valence electrons. The van der Waals surface area contributed by atoms with Crippen LogP contribution in [0.2, 0.25) is 5.02 Å². The van der Waals surface area contributed by atoms with Crippen molar-refractivity contribution in [3.8, 4) is 11.6 Å². The lowest BCUT2D eigenvalue weighted by Gasteiger charge is -2.37. The van der Waals surface area contributed by atoms with Crippen molar-refractivity contribution in [2.24, 2.45) is 0 Å². The molecule has 0 radical (unpaired) electrons. The number of halogens is 4. The van der Waals surface area contributed by atoms with E-state index in [1.54, 1.807) is 17.3 Å². The minimum atomic E-state index is -4.86. The smallest absolute Gasteiger partial charge is 0.472 e. The van der Waals surface area contributed by atoms with E-state index in [2.05, 4.69) is 19.6 Å². The van der Waals surface area contributed by atoms with Gasteiger partial charge in [-0.3, -0.25) is 14.7 Å². The Labute approximate surface area is 193 Å². The predicted octanol–water partition coefficient (Wildman–Crippen LogP) is 3.88. The molecule has 2 atom stereocenters. The number of nitrogens with zero attached hydrogens (tertiary/aromatic N) is 4. The van der Waals surface area contributed by atoms with Crippen LogP contribution in [0.3, 0.4) is 0 Å². The van der Waals surface area contributed by atoms with Crippen molar-refractivity contribution < 1.29 is 27.4 Å². The van der Waals surface area contributed by atoms with Gasteiger partial charge in [0.1, 0.15) is 11.9 Å². The van der Waals surface area contributed by atoms with Gasteiger partial charge in [0.2, 0.25) is 5.88 Å². The molecule has 0 N–H and O–H groups in total. The third-order valence-corrected chi connectivity index (χ3v) is 6.37. The highest BCUT2D eigenvalue weighted by Gasteiger charge is 2.39. The largest absolute Gasteiger partial charge is 0.573 e. The van der Waals surface area contributed by atoms with Gasteiger partial charge in [0, 0.05) is 55.1 Å². The van der Waals surface area contributed by atoms with Crippen molar-refractivity contribution in [2.45, 2.75) is 43.7 Å². The number of carbonyl (C=O) groups is 1. The zero-order valence-electron chi connectivity index (χ0n) is 17.6. The predicted molar refractivity (Wildman–Crippen MR) is 112 cm³/mol. The Morgan fingerprint density at radius 2 is 1.91 bits per heavy atom. The topological polar surface area (TPSA) is 67.8 Å². The molecule has 33 heavy (non-hydrogen) atoms. The number of benzene rings is 1. The number of hydrogen-bond donors (Lipinski definition) is 0. The normalized spacial score (nSPS) is 23.3. The van der Waals surface area contributed by atoms with Crippen LogP contribution in [-0.2, 0) is 0 Å². The Balaban J connectivity index is 1.20. The van der Waals surface area contributed by atoms with Crippen LogP contribution in [0, 0.1) is 0 Å². The van der Waals surface area contributed by atoms with E-state index in [4.69, 9.17) is 16.3 Å². The van der Waals surface area contributed by atoms with Gasteiger partial charge in [-0.25, -0.2) is 4.98 Å². The van der Waals surface area contributed by atoms with Crippen LogP contribution < -0.4 is 9.47 Å². The molecular formula is C22H22ClF3N4O3. The molecule has 3 aliphatic rings. The van der Waals surface area contributed by atoms with Gasteiger partial charge < -0.3 is 14.4 Å². The van der Waals surface area contributed by atoms with E-state index in [-0.39, 0.29) is 28.6 Å². The molecule has 7 nitrogen and oxygen atoms in total. The molecule has 2 aromatic rings. The van der Waals surface area contributed by atoms with Crippen molar-refractivity contribution in [1.82, 2.24) is 19.8 Å². The van der Waals surface area contributed by atoms with Crippen LogP contribution in [0.15, 0.2) is 30.6 Å². The monoisotopic (exact) mass is 482 g/mol. The van der Waals surface area contributed by atoms with E-state index < -0.39 is 12.1 Å². The van der Waals surface area contributed by atoms with Crippen molar-refractivity contribution in [3.63, 3.8) is 0 Å². The van der Waals surface area contributed by atoms with Gasteiger partial charge in [-0.05, 0) is 31.0 Å². The Hall–Kier alpha value is -2.59. The summed E-state index contributed by atoms with van der Waals surface area (Å²) in [5, 5.41) is 0.00174. The van der Waals surface area contributed by atoms with E-state index in [1.807, 2.05) is 0 Å². The maximum Gasteiger partial charge on any atom is 0.573 e.